The van der Waals surface area contributed by atoms with Crippen LogP contribution in [-0.4, -0.2) is 0 Å². The van der Waals surface area contributed by atoms with Gasteiger partial charge in [-0.15, -0.1) is 0 Å². The van der Waals surface area contributed by atoms with Crippen molar-refractivity contribution in [1.82, 2.24) is 0 Å². The van der Waals surface area contributed by atoms with Crippen LogP contribution in [-0.2, 0) is 10.8 Å². The number of rotatable bonds is 7. The highest BCUT2D eigenvalue weighted by atomic mass is 16.5. The Kier molecular flexibility index (Phi) is 8.53. The lowest BCUT2D eigenvalue weighted by atomic mass is 9.79. The second-order valence-corrected chi connectivity index (χ2v) is 17.4. The van der Waals surface area contributed by atoms with E-state index in [4.69, 9.17) is 4.74 Å². The first kappa shape index (κ1) is 35.8. The molecule has 58 heavy (non-hydrogen) atoms. The highest BCUT2D eigenvalue weighted by Crippen LogP contribution is 2.55. The monoisotopic (exact) mass is 752 g/mol. The van der Waals surface area contributed by atoms with E-state index in [-0.39, 0.29) is 16.7 Å². The number of benzene rings is 7. The van der Waals surface area contributed by atoms with Gasteiger partial charge in [0.15, 0.2) is 0 Å². The second-order valence-electron chi connectivity index (χ2n) is 17.4. The number of allylic oxidation sites excluding steroid dienone is 3. The van der Waals surface area contributed by atoms with Gasteiger partial charge in [0.25, 0.3) is 0 Å². The van der Waals surface area contributed by atoms with Crippen LogP contribution in [0.4, 0.5) is 22.7 Å². The number of hydrogen-bond acceptors (Lipinski definition) is 3. The highest BCUT2D eigenvalue weighted by molar-refractivity contribution is 5.97. The molecule has 3 nitrogen and oxygen atoms in total. The molecule has 1 unspecified atom stereocenters. The molecule has 10 rings (SSSR count). The fourth-order valence-electron chi connectivity index (χ4n) is 9.33. The van der Waals surface area contributed by atoms with E-state index in [0.29, 0.717) is 0 Å². The Morgan fingerprint density at radius 2 is 1.36 bits per heavy atom. The van der Waals surface area contributed by atoms with Crippen molar-refractivity contribution in [3.8, 4) is 39.1 Å². The maximum Gasteiger partial charge on any atom is 0.130 e. The molecule has 0 radical (unpaired) electrons. The van der Waals surface area contributed by atoms with Crippen molar-refractivity contribution in [3.05, 3.63) is 210 Å². The summed E-state index contributed by atoms with van der Waals surface area (Å²) in [5, 5.41) is 3.80. The molecule has 0 aromatic heterocycles. The third-order valence-corrected chi connectivity index (χ3v) is 12.4. The average molecular weight is 753 g/mol. The summed E-state index contributed by atoms with van der Waals surface area (Å²) in [6, 6.07) is 59.4. The molecule has 0 amide bonds. The molecule has 1 aliphatic heterocycles. The molecule has 2 aliphatic carbocycles. The Morgan fingerprint density at radius 3 is 2.21 bits per heavy atom. The summed E-state index contributed by atoms with van der Waals surface area (Å²) in [5.74, 6) is 2.17. The molecule has 0 saturated carbocycles. The number of fused-ring (bicyclic) bond motifs is 6. The van der Waals surface area contributed by atoms with Gasteiger partial charge in [-0.25, -0.2) is 0 Å². The predicted molar refractivity (Wildman–Crippen MR) is 242 cm³/mol. The molecule has 3 heteroatoms. The van der Waals surface area contributed by atoms with Gasteiger partial charge in [0.2, 0.25) is 0 Å². The molecule has 1 atom stereocenters. The molecule has 3 aliphatic rings. The summed E-state index contributed by atoms with van der Waals surface area (Å²) in [7, 11) is 0. The van der Waals surface area contributed by atoms with Gasteiger partial charge in [0.1, 0.15) is 11.5 Å². The molecule has 0 saturated heterocycles. The molecule has 1 N–H and O–H groups in total. The fourth-order valence-corrected chi connectivity index (χ4v) is 9.33. The largest absolute Gasteiger partial charge is 0.461 e. The van der Waals surface area contributed by atoms with Crippen LogP contribution in [0, 0.1) is 0 Å². The highest BCUT2D eigenvalue weighted by Gasteiger charge is 2.38. The zero-order valence-corrected chi connectivity index (χ0v) is 33.9. The molecule has 284 valence electrons. The molecule has 7 aromatic rings. The predicted octanol–water partition coefficient (Wildman–Crippen LogP) is 14.9. The molecule has 0 spiro atoms. The first-order valence-electron chi connectivity index (χ1n) is 20.5. The molecule has 7 aromatic carbocycles. The van der Waals surface area contributed by atoms with E-state index in [2.05, 4.69) is 221 Å². The lowest BCUT2D eigenvalue weighted by Gasteiger charge is -2.31. The van der Waals surface area contributed by atoms with E-state index < -0.39 is 0 Å². The van der Waals surface area contributed by atoms with Crippen LogP contribution >= 0.6 is 0 Å². The van der Waals surface area contributed by atoms with Crippen molar-refractivity contribution in [2.75, 3.05) is 10.2 Å². The van der Waals surface area contributed by atoms with Gasteiger partial charge in [-0.1, -0.05) is 168 Å². The summed E-state index contributed by atoms with van der Waals surface area (Å²) >= 11 is 0. The summed E-state index contributed by atoms with van der Waals surface area (Å²) < 4.78 is 6.57. The minimum Gasteiger partial charge on any atom is -0.461 e. The van der Waals surface area contributed by atoms with Crippen molar-refractivity contribution >= 4 is 22.7 Å². The van der Waals surface area contributed by atoms with E-state index in [9.17, 15) is 0 Å². The maximum absolute atomic E-state index is 6.57. The minimum atomic E-state index is -0.132. The topological polar surface area (TPSA) is 24.5 Å². The zero-order valence-electron chi connectivity index (χ0n) is 33.9. The lowest BCUT2D eigenvalue weighted by molar-refractivity contribution is 0.424. The Morgan fingerprint density at radius 1 is 0.638 bits per heavy atom. The number of ether oxygens (including phenoxy) is 1. The second kappa shape index (κ2) is 13.8. The minimum absolute atomic E-state index is 0.0640. The van der Waals surface area contributed by atoms with E-state index in [1.54, 1.807) is 0 Å². The molecule has 0 fully saturated rings. The Bertz CT molecular complexity index is 2780. The zero-order chi connectivity index (χ0) is 39.6. The number of hydrogen-bond donors (Lipinski definition) is 1. The van der Waals surface area contributed by atoms with Gasteiger partial charge in [-0.05, 0) is 87.2 Å². The van der Waals surface area contributed by atoms with Gasteiger partial charge < -0.3 is 15.0 Å². The van der Waals surface area contributed by atoms with Crippen LogP contribution in [0.1, 0.15) is 69.2 Å². The SMILES string of the molecule is CC(C)(C)c1ccc2c(c1)C(C)(C)c1cccc(-c3ccccc3N(C3=CCC4C(=C3)Oc3ccccc34)c3cccc(Nc4ccccc4-c4ccccc4)c3)c1-2. The van der Waals surface area contributed by atoms with Crippen molar-refractivity contribution in [1.29, 1.82) is 0 Å². The van der Waals surface area contributed by atoms with Gasteiger partial charge >= 0.3 is 0 Å². The first-order valence-corrected chi connectivity index (χ1v) is 20.5. The average Bonchev–Trinajstić information content (AvgIpc) is 3.72. The first-order chi connectivity index (χ1) is 28.1. The number of nitrogens with zero attached hydrogens (tertiary/aromatic N) is 1. The molecule has 1 heterocycles. The molecular weight excluding hydrogens is 705 g/mol. The molecule has 0 bridgehead atoms. The van der Waals surface area contributed by atoms with Gasteiger partial charge in [-0.2, -0.15) is 0 Å². The Hall–Kier alpha value is -6.58. The normalized spacial score (nSPS) is 15.9. The quantitative estimate of drug-likeness (QED) is 0.175. The van der Waals surface area contributed by atoms with E-state index >= 15 is 0 Å². The standard InChI is InChI=1S/C55H48N2O/c1-54(2,3)37-29-31-46-48(33-37)55(4,5)47-25-16-24-45(53(46)47)42-22-10-13-27-50(42)57(40-30-32-44-43-23-11-14-28-51(43)58-52(44)35-40)39-20-15-19-38(34-39)56-49-26-12-9-21-41(49)36-17-7-6-8-18-36/h6-31,33-35,44,56H,32H2,1-5H3. The number of anilines is 4. The van der Waals surface area contributed by atoms with Crippen molar-refractivity contribution in [2.24, 2.45) is 0 Å². The van der Waals surface area contributed by atoms with Crippen LogP contribution in [0.2, 0.25) is 0 Å². The fraction of sp³-hybridized carbons (Fsp3) is 0.164. The van der Waals surface area contributed by atoms with Crippen molar-refractivity contribution in [2.45, 2.75) is 57.8 Å². The number of nitrogens with one attached hydrogen (secondary N) is 1. The van der Waals surface area contributed by atoms with Crippen molar-refractivity contribution in [3.63, 3.8) is 0 Å². The van der Waals surface area contributed by atoms with E-state index in [0.717, 1.165) is 51.9 Å². The van der Waals surface area contributed by atoms with E-state index in [1.807, 2.05) is 0 Å². The Balaban J connectivity index is 1.12. The summed E-state index contributed by atoms with van der Waals surface area (Å²) in [6.07, 6.45) is 5.51. The van der Waals surface area contributed by atoms with Gasteiger partial charge in [-0.3, -0.25) is 0 Å². The van der Waals surface area contributed by atoms with Crippen molar-refractivity contribution < 1.29 is 4.74 Å². The summed E-state index contributed by atoms with van der Waals surface area (Å²) in [4.78, 5) is 2.43. The third-order valence-electron chi connectivity index (χ3n) is 12.4. The Labute approximate surface area is 343 Å². The van der Waals surface area contributed by atoms with Gasteiger partial charge in [0, 0.05) is 56.9 Å². The van der Waals surface area contributed by atoms with Gasteiger partial charge in [0.05, 0.1) is 5.69 Å². The summed E-state index contributed by atoms with van der Waals surface area (Å²) in [5.41, 5.74) is 18.1. The van der Waals surface area contributed by atoms with Crippen LogP contribution in [0.25, 0.3) is 33.4 Å². The maximum atomic E-state index is 6.57. The lowest BCUT2D eigenvalue weighted by Crippen LogP contribution is -2.20. The third kappa shape index (κ3) is 6.05. The van der Waals surface area contributed by atoms with Crippen LogP contribution in [0.5, 0.6) is 5.75 Å². The van der Waals surface area contributed by atoms with Crippen LogP contribution in [0.3, 0.4) is 0 Å². The van der Waals surface area contributed by atoms with E-state index in [1.165, 1.54) is 50.1 Å². The van der Waals surface area contributed by atoms with Crippen LogP contribution in [0.15, 0.2) is 187 Å². The molecular formula is C55H48N2O. The van der Waals surface area contributed by atoms with Crippen LogP contribution < -0.4 is 15.0 Å². The smallest absolute Gasteiger partial charge is 0.130 e. The summed E-state index contributed by atoms with van der Waals surface area (Å²) in [6.45, 7) is 11.7. The number of para-hydroxylation sites is 3.